The van der Waals surface area contributed by atoms with E-state index < -0.39 is 31.1 Å². The van der Waals surface area contributed by atoms with E-state index in [0.29, 0.717) is 37.3 Å². The largest absolute Gasteiger partial charge is 0.508 e. The highest BCUT2D eigenvalue weighted by Gasteiger charge is 2.46. The number of nitrogens with zero attached hydrogens (tertiary/aromatic N) is 3. The van der Waals surface area contributed by atoms with Gasteiger partial charge in [-0.2, -0.15) is 13.2 Å². The van der Waals surface area contributed by atoms with E-state index in [4.69, 9.17) is 0 Å². The molecule has 8 nitrogen and oxygen atoms in total. The summed E-state index contributed by atoms with van der Waals surface area (Å²) in [6.45, 7) is 2.77. The number of rotatable bonds is 10. The summed E-state index contributed by atoms with van der Waals surface area (Å²) >= 11 is 0. The van der Waals surface area contributed by atoms with E-state index in [1.807, 2.05) is 4.81 Å². The van der Waals surface area contributed by atoms with Crippen LogP contribution in [0.15, 0.2) is 48.8 Å². The molecular formula is C25H32BF3N4O4. The lowest BCUT2D eigenvalue weighted by Crippen LogP contribution is -2.50. The van der Waals surface area contributed by atoms with E-state index >= 15 is 0 Å². The molecule has 37 heavy (non-hydrogen) atoms. The highest BCUT2D eigenvalue weighted by molar-refractivity contribution is 6.45. The first kappa shape index (κ1) is 28.5. The lowest BCUT2D eigenvalue weighted by atomic mass is 9.80. The summed E-state index contributed by atoms with van der Waals surface area (Å²) in [6, 6.07) is 7.26. The van der Waals surface area contributed by atoms with Gasteiger partial charge in [0.25, 0.3) is 0 Å². The van der Waals surface area contributed by atoms with E-state index in [2.05, 4.69) is 10.3 Å². The first-order valence-corrected chi connectivity index (χ1v) is 12.3. The van der Waals surface area contributed by atoms with Crippen LogP contribution in [-0.4, -0.2) is 76.0 Å². The van der Waals surface area contributed by atoms with Crippen molar-refractivity contribution < 1.29 is 32.9 Å². The van der Waals surface area contributed by atoms with Gasteiger partial charge in [-0.05, 0) is 86.9 Å². The predicted octanol–water partition coefficient (Wildman–Crippen LogP) is 2.79. The number of aromatic hydroxyl groups is 1. The van der Waals surface area contributed by atoms with Crippen molar-refractivity contribution in [2.45, 2.75) is 44.7 Å². The maximum atomic E-state index is 13.7. The topological polar surface area (TPSA) is 106 Å². The Balaban J connectivity index is 1.79. The molecule has 200 valence electrons. The maximum Gasteiger partial charge on any atom is 0.471 e. The Kier molecular flexibility index (Phi) is 9.93. The van der Waals surface area contributed by atoms with Gasteiger partial charge in [-0.1, -0.05) is 12.1 Å². The maximum absolute atomic E-state index is 13.7. The fourth-order valence-corrected chi connectivity index (χ4v) is 4.55. The molecule has 2 heterocycles. The van der Waals surface area contributed by atoms with Crippen LogP contribution in [0, 0.1) is 5.92 Å². The van der Waals surface area contributed by atoms with Gasteiger partial charge < -0.3 is 25.2 Å². The minimum atomic E-state index is -5.16. The molecule has 2 aromatic rings. The van der Waals surface area contributed by atoms with Crippen molar-refractivity contribution >= 4 is 18.9 Å². The molecular weight excluding hydrogens is 488 g/mol. The van der Waals surface area contributed by atoms with Crippen LogP contribution in [0.2, 0.25) is 6.82 Å². The number of benzene rings is 1. The molecule has 1 saturated heterocycles. The molecule has 12 heteroatoms. The van der Waals surface area contributed by atoms with Gasteiger partial charge in [0, 0.05) is 25.5 Å². The number of phenols is 1. The zero-order valence-corrected chi connectivity index (χ0v) is 20.7. The number of hydrogen-bond donors (Lipinski definition) is 3. The summed E-state index contributed by atoms with van der Waals surface area (Å²) in [6.07, 6.45) is 0.0989. The number of hydrogen-bond acceptors (Lipinski definition) is 6. The molecule has 0 saturated carbocycles. The van der Waals surface area contributed by atoms with Crippen LogP contribution in [-0.2, 0) is 16.0 Å². The monoisotopic (exact) mass is 520 g/mol. The number of phenolic OH excluding ortho intramolecular Hbond substituents is 1. The number of halogens is 3. The smallest absolute Gasteiger partial charge is 0.471 e. The standard InChI is InChI=1S/C25H32BF3N4O4/c1-26(37)32-15-9-19(10-16-32)11-17-33(24(36)25(27,28)29)22(20-2-4-21(34)5-3-20)23(35)31-14-8-18-6-12-30-13-7-18/h2-7,12-13,19,22,34,37H,8-11,14-17H2,1H3,(H,31,35). The van der Waals surface area contributed by atoms with Crippen LogP contribution in [0.4, 0.5) is 13.2 Å². The Morgan fingerprint density at radius 3 is 2.35 bits per heavy atom. The summed E-state index contributed by atoms with van der Waals surface area (Å²) in [5.74, 6) is -2.88. The molecule has 0 spiro atoms. The van der Waals surface area contributed by atoms with Gasteiger partial charge in [0.05, 0.1) is 0 Å². The van der Waals surface area contributed by atoms with Crippen LogP contribution >= 0.6 is 0 Å². The minimum Gasteiger partial charge on any atom is -0.508 e. The van der Waals surface area contributed by atoms with E-state index in [1.165, 1.54) is 24.3 Å². The second-order valence-electron chi connectivity index (χ2n) is 9.29. The lowest BCUT2D eigenvalue weighted by molar-refractivity contribution is -0.189. The second kappa shape index (κ2) is 12.9. The first-order valence-electron chi connectivity index (χ1n) is 12.3. The third-order valence-electron chi connectivity index (χ3n) is 6.69. The number of pyridine rings is 1. The van der Waals surface area contributed by atoms with E-state index in [0.717, 1.165) is 5.56 Å². The first-order chi connectivity index (χ1) is 17.6. The van der Waals surface area contributed by atoms with Crippen molar-refractivity contribution in [3.63, 3.8) is 0 Å². The molecule has 1 unspecified atom stereocenters. The van der Waals surface area contributed by atoms with Gasteiger partial charge in [-0.3, -0.25) is 14.6 Å². The Morgan fingerprint density at radius 2 is 1.78 bits per heavy atom. The Morgan fingerprint density at radius 1 is 1.16 bits per heavy atom. The van der Waals surface area contributed by atoms with E-state index in [1.54, 1.807) is 31.3 Å². The van der Waals surface area contributed by atoms with Gasteiger partial charge in [-0.15, -0.1) is 0 Å². The lowest BCUT2D eigenvalue weighted by Gasteiger charge is -2.36. The number of nitrogens with one attached hydrogen (secondary N) is 1. The minimum absolute atomic E-state index is 0.0498. The van der Waals surface area contributed by atoms with Crippen LogP contribution < -0.4 is 5.32 Å². The van der Waals surface area contributed by atoms with Gasteiger partial charge in [0.15, 0.2) is 0 Å². The number of aromatic nitrogens is 1. The number of carbonyl (C=O) groups is 2. The molecule has 1 fully saturated rings. The van der Waals surface area contributed by atoms with Crippen LogP contribution in [0.3, 0.4) is 0 Å². The molecule has 1 atom stereocenters. The molecule has 1 aliphatic rings. The molecule has 2 amide bonds. The number of amides is 2. The van der Waals surface area contributed by atoms with Crippen molar-refractivity contribution in [1.82, 2.24) is 20.0 Å². The van der Waals surface area contributed by atoms with Gasteiger partial charge in [0.2, 0.25) is 5.91 Å². The van der Waals surface area contributed by atoms with Gasteiger partial charge >= 0.3 is 19.1 Å². The van der Waals surface area contributed by atoms with Gasteiger partial charge in [-0.25, -0.2) is 0 Å². The normalized spacial score (nSPS) is 15.7. The fraction of sp³-hybridized carbons (Fsp3) is 0.480. The zero-order valence-electron chi connectivity index (χ0n) is 20.7. The predicted molar refractivity (Wildman–Crippen MR) is 132 cm³/mol. The average molecular weight is 520 g/mol. The number of piperidine rings is 1. The molecule has 0 aliphatic carbocycles. The van der Waals surface area contributed by atoms with Crippen molar-refractivity contribution in [3.05, 3.63) is 59.9 Å². The van der Waals surface area contributed by atoms with Crippen molar-refractivity contribution in [2.75, 3.05) is 26.2 Å². The second-order valence-corrected chi connectivity index (χ2v) is 9.29. The molecule has 1 aromatic heterocycles. The van der Waals surface area contributed by atoms with Crippen molar-refractivity contribution in [3.8, 4) is 5.75 Å². The SMILES string of the molecule is CB(O)N1CCC(CCN(C(=O)C(F)(F)F)C(C(=O)NCCc2ccncc2)c2ccc(O)cc2)CC1. The average Bonchev–Trinajstić information content (AvgIpc) is 2.87. The summed E-state index contributed by atoms with van der Waals surface area (Å²) in [7, 11) is -0.598. The zero-order chi connectivity index (χ0) is 27.0. The summed E-state index contributed by atoms with van der Waals surface area (Å²) in [5.41, 5.74) is 1.06. The summed E-state index contributed by atoms with van der Waals surface area (Å²) < 4.78 is 41.0. The summed E-state index contributed by atoms with van der Waals surface area (Å²) in [4.78, 5) is 32.3. The third kappa shape index (κ3) is 8.19. The Labute approximate surface area is 214 Å². The highest BCUT2D eigenvalue weighted by atomic mass is 19.4. The van der Waals surface area contributed by atoms with Crippen molar-refractivity contribution in [1.29, 1.82) is 0 Å². The van der Waals surface area contributed by atoms with Crippen LogP contribution in [0.1, 0.15) is 36.4 Å². The third-order valence-corrected chi connectivity index (χ3v) is 6.69. The Bertz CT molecular complexity index is 1020. The molecule has 1 aliphatic heterocycles. The number of carbonyl (C=O) groups excluding carboxylic acids is 2. The Hall–Kier alpha value is -3.12. The molecule has 3 N–H and O–H groups in total. The van der Waals surface area contributed by atoms with Crippen LogP contribution in [0.5, 0.6) is 5.75 Å². The molecule has 1 aromatic carbocycles. The van der Waals surface area contributed by atoms with Crippen molar-refractivity contribution in [2.24, 2.45) is 5.92 Å². The van der Waals surface area contributed by atoms with E-state index in [-0.39, 0.29) is 36.7 Å². The van der Waals surface area contributed by atoms with Gasteiger partial charge in [0.1, 0.15) is 11.8 Å². The van der Waals surface area contributed by atoms with E-state index in [9.17, 15) is 32.9 Å². The molecule has 3 rings (SSSR count). The molecule has 0 bridgehead atoms. The fourth-order valence-electron chi connectivity index (χ4n) is 4.55. The number of alkyl halides is 3. The quantitative estimate of drug-likeness (QED) is 0.417. The van der Waals surface area contributed by atoms with Crippen LogP contribution in [0.25, 0.3) is 0 Å². The summed E-state index contributed by atoms with van der Waals surface area (Å²) in [5, 5.41) is 22.1. The molecule has 0 radical (unpaired) electrons. The highest BCUT2D eigenvalue weighted by Crippen LogP contribution is 2.31.